The molecule has 4 fully saturated rings. The Labute approximate surface area is 158 Å². The highest BCUT2D eigenvalue weighted by atomic mass is 16.4. The van der Waals surface area contributed by atoms with Crippen LogP contribution in [0.1, 0.15) is 48.9 Å². The maximum Gasteiger partial charge on any atom is 0.307 e. The number of carboxylic acid groups (broad SMARTS) is 1. The van der Waals surface area contributed by atoms with Crippen molar-refractivity contribution in [2.75, 3.05) is 18.4 Å². The molecule has 2 N–H and O–H groups in total. The average molecular weight is 370 g/mol. The van der Waals surface area contributed by atoms with Gasteiger partial charge in [0.2, 0.25) is 5.91 Å². The molecular formula is C21H26N2O4. The highest BCUT2D eigenvalue weighted by Gasteiger charge is 2.50. The van der Waals surface area contributed by atoms with Crippen LogP contribution >= 0.6 is 0 Å². The molecule has 0 aromatic heterocycles. The second kappa shape index (κ2) is 7.33. The molecular weight excluding hydrogens is 344 g/mol. The number of benzene rings is 1. The fourth-order valence-electron chi connectivity index (χ4n) is 5.21. The molecule has 0 radical (unpaired) electrons. The van der Waals surface area contributed by atoms with Gasteiger partial charge in [-0.25, -0.2) is 0 Å². The van der Waals surface area contributed by atoms with E-state index in [2.05, 4.69) is 5.32 Å². The van der Waals surface area contributed by atoms with Gasteiger partial charge in [0.05, 0.1) is 11.8 Å². The summed E-state index contributed by atoms with van der Waals surface area (Å²) >= 11 is 0. The molecule has 0 unspecified atom stereocenters. The highest BCUT2D eigenvalue weighted by molar-refractivity contribution is 5.97. The monoisotopic (exact) mass is 370 g/mol. The van der Waals surface area contributed by atoms with Crippen molar-refractivity contribution in [3.05, 3.63) is 29.8 Å². The number of carbonyl (C=O) groups is 3. The molecule has 3 saturated carbocycles. The van der Waals surface area contributed by atoms with E-state index in [1.54, 1.807) is 24.3 Å². The lowest BCUT2D eigenvalue weighted by molar-refractivity contribution is -0.156. The molecule has 27 heavy (non-hydrogen) atoms. The Balaban J connectivity index is 1.44. The van der Waals surface area contributed by atoms with Crippen molar-refractivity contribution in [3.63, 3.8) is 0 Å². The SMILES string of the molecule is O=C(O)[C@H]1C2CCC(CC2)[C@@H]1C(=O)Nc1ccc(C(=O)N2CCCC2)cc1. The van der Waals surface area contributed by atoms with Gasteiger partial charge in [-0.3, -0.25) is 14.4 Å². The van der Waals surface area contributed by atoms with E-state index in [9.17, 15) is 19.5 Å². The largest absolute Gasteiger partial charge is 0.481 e. The number of rotatable bonds is 4. The van der Waals surface area contributed by atoms with Crippen molar-refractivity contribution in [2.24, 2.45) is 23.7 Å². The van der Waals surface area contributed by atoms with Gasteiger partial charge in [0.15, 0.2) is 0 Å². The summed E-state index contributed by atoms with van der Waals surface area (Å²) in [6.45, 7) is 1.61. The van der Waals surface area contributed by atoms with Crippen LogP contribution in [0.15, 0.2) is 24.3 Å². The topological polar surface area (TPSA) is 86.7 Å². The first-order chi connectivity index (χ1) is 13.0. The predicted octanol–water partition coefficient (Wildman–Crippen LogP) is 3.00. The number of carboxylic acids is 1. The van der Waals surface area contributed by atoms with Gasteiger partial charge in [0.1, 0.15) is 0 Å². The molecule has 1 heterocycles. The number of anilines is 1. The van der Waals surface area contributed by atoms with Crippen LogP contribution in [-0.4, -0.2) is 40.9 Å². The Morgan fingerprint density at radius 1 is 0.889 bits per heavy atom. The van der Waals surface area contributed by atoms with Crippen molar-refractivity contribution in [3.8, 4) is 0 Å². The Morgan fingerprint density at radius 2 is 1.44 bits per heavy atom. The number of hydrogen-bond donors (Lipinski definition) is 2. The summed E-state index contributed by atoms with van der Waals surface area (Å²) in [4.78, 5) is 38.8. The number of hydrogen-bond acceptors (Lipinski definition) is 3. The van der Waals surface area contributed by atoms with Crippen molar-refractivity contribution in [1.29, 1.82) is 0 Å². The van der Waals surface area contributed by atoms with Crippen LogP contribution in [0.5, 0.6) is 0 Å². The van der Waals surface area contributed by atoms with Crippen molar-refractivity contribution < 1.29 is 19.5 Å². The first kappa shape index (κ1) is 18.0. The van der Waals surface area contributed by atoms with Gasteiger partial charge in [-0.15, -0.1) is 0 Å². The minimum atomic E-state index is -0.851. The van der Waals surface area contributed by atoms with E-state index in [-0.39, 0.29) is 23.7 Å². The number of carbonyl (C=O) groups excluding carboxylic acids is 2. The average Bonchev–Trinajstić information content (AvgIpc) is 3.23. The summed E-state index contributed by atoms with van der Waals surface area (Å²) < 4.78 is 0. The summed E-state index contributed by atoms with van der Waals surface area (Å²) in [6, 6.07) is 6.94. The second-order valence-corrected chi connectivity index (χ2v) is 8.13. The van der Waals surface area contributed by atoms with Crippen LogP contribution in [0.2, 0.25) is 0 Å². The molecule has 1 aromatic rings. The first-order valence-corrected chi connectivity index (χ1v) is 9.97. The van der Waals surface area contributed by atoms with Gasteiger partial charge in [-0.2, -0.15) is 0 Å². The van der Waals surface area contributed by atoms with Crippen LogP contribution in [0.3, 0.4) is 0 Å². The minimum absolute atomic E-state index is 0.0286. The van der Waals surface area contributed by atoms with Gasteiger partial charge in [0, 0.05) is 24.3 Å². The lowest BCUT2D eigenvalue weighted by Crippen LogP contribution is -2.49. The molecule has 1 aromatic carbocycles. The number of aliphatic carboxylic acids is 1. The molecule has 144 valence electrons. The minimum Gasteiger partial charge on any atom is -0.481 e. The van der Waals surface area contributed by atoms with Gasteiger partial charge in [0.25, 0.3) is 5.91 Å². The second-order valence-electron chi connectivity index (χ2n) is 8.13. The summed E-state index contributed by atoms with van der Waals surface area (Å²) in [5, 5.41) is 12.5. The van der Waals surface area contributed by atoms with Gasteiger partial charge in [-0.05, 0) is 74.6 Å². The standard InChI is InChI=1S/C21H26N2O4/c24-19(17-13-3-5-14(6-4-13)18(17)21(26)27)22-16-9-7-15(8-10-16)20(25)23-11-1-2-12-23/h7-10,13-14,17-18H,1-6,11-12H2,(H,22,24)(H,26,27)/t13?,14?,17-,18-/m0/s1. The molecule has 2 bridgehead atoms. The third-order valence-electron chi connectivity index (χ3n) is 6.60. The summed E-state index contributed by atoms with van der Waals surface area (Å²) in [7, 11) is 0. The zero-order valence-corrected chi connectivity index (χ0v) is 15.4. The van der Waals surface area contributed by atoms with Gasteiger partial charge >= 0.3 is 5.97 Å². The quantitative estimate of drug-likeness (QED) is 0.853. The summed E-state index contributed by atoms with van der Waals surface area (Å²) in [5.74, 6) is -1.78. The Morgan fingerprint density at radius 3 is 2.00 bits per heavy atom. The Kier molecular flexibility index (Phi) is 4.89. The third-order valence-corrected chi connectivity index (χ3v) is 6.60. The Hall–Kier alpha value is -2.37. The van der Waals surface area contributed by atoms with E-state index in [4.69, 9.17) is 0 Å². The molecule has 2 atom stereocenters. The third kappa shape index (κ3) is 3.45. The number of likely N-dealkylation sites (tertiary alicyclic amines) is 1. The van der Waals surface area contributed by atoms with E-state index in [0.717, 1.165) is 51.6 Å². The molecule has 1 saturated heterocycles. The van der Waals surface area contributed by atoms with E-state index in [0.29, 0.717) is 11.3 Å². The fourth-order valence-corrected chi connectivity index (χ4v) is 5.21. The zero-order chi connectivity index (χ0) is 19.0. The van der Waals surface area contributed by atoms with Crippen molar-refractivity contribution in [2.45, 2.75) is 38.5 Å². The van der Waals surface area contributed by atoms with Crippen LogP contribution < -0.4 is 5.32 Å². The van der Waals surface area contributed by atoms with Crippen LogP contribution in [0, 0.1) is 23.7 Å². The molecule has 3 aliphatic carbocycles. The smallest absolute Gasteiger partial charge is 0.307 e. The number of nitrogens with zero attached hydrogens (tertiary/aromatic N) is 1. The van der Waals surface area contributed by atoms with Crippen LogP contribution in [-0.2, 0) is 9.59 Å². The fraction of sp³-hybridized carbons (Fsp3) is 0.571. The molecule has 0 spiro atoms. The van der Waals surface area contributed by atoms with E-state index in [1.807, 2.05) is 4.90 Å². The van der Waals surface area contributed by atoms with E-state index in [1.165, 1.54) is 0 Å². The molecule has 6 heteroatoms. The molecule has 6 nitrogen and oxygen atoms in total. The molecule has 5 rings (SSSR count). The predicted molar refractivity (Wildman–Crippen MR) is 100 cm³/mol. The Bertz CT molecular complexity index is 731. The van der Waals surface area contributed by atoms with Crippen LogP contribution in [0.4, 0.5) is 5.69 Å². The lowest BCUT2D eigenvalue weighted by atomic mass is 9.58. The maximum atomic E-state index is 12.9. The number of amides is 2. The van der Waals surface area contributed by atoms with Gasteiger partial charge in [-0.1, -0.05) is 0 Å². The molecule has 1 aliphatic heterocycles. The van der Waals surface area contributed by atoms with E-state index < -0.39 is 17.8 Å². The normalized spacial score (nSPS) is 29.6. The van der Waals surface area contributed by atoms with Crippen molar-refractivity contribution in [1.82, 2.24) is 4.90 Å². The summed E-state index contributed by atoms with van der Waals surface area (Å²) in [6.07, 6.45) is 5.81. The number of nitrogens with one attached hydrogen (secondary N) is 1. The lowest BCUT2D eigenvalue weighted by Gasteiger charge is -2.45. The zero-order valence-electron chi connectivity index (χ0n) is 15.4. The highest BCUT2D eigenvalue weighted by Crippen LogP contribution is 2.49. The maximum absolute atomic E-state index is 12.9. The summed E-state index contributed by atoms with van der Waals surface area (Å²) in [5.41, 5.74) is 1.23. The first-order valence-electron chi connectivity index (χ1n) is 9.97. The molecule has 4 aliphatic rings. The van der Waals surface area contributed by atoms with Crippen LogP contribution in [0.25, 0.3) is 0 Å². The number of fused-ring (bicyclic) bond motifs is 3. The molecule has 2 amide bonds. The van der Waals surface area contributed by atoms with Crippen molar-refractivity contribution >= 4 is 23.5 Å². The van der Waals surface area contributed by atoms with Gasteiger partial charge < -0.3 is 15.3 Å². The van der Waals surface area contributed by atoms with E-state index >= 15 is 0 Å².